The Morgan fingerprint density at radius 1 is 1.17 bits per heavy atom. The van der Waals surface area contributed by atoms with Crippen LogP contribution in [0.2, 0.25) is 0 Å². The number of hydrogen-bond acceptors (Lipinski definition) is 5. The third-order valence-corrected chi connectivity index (χ3v) is 7.10. The predicted molar refractivity (Wildman–Crippen MR) is 89.6 cm³/mol. The quantitative estimate of drug-likeness (QED) is 0.885. The molecule has 1 aliphatic heterocycles. The topological polar surface area (TPSA) is 75.3 Å². The first-order valence-corrected chi connectivity index (χ1v) is 9.79. The summed E-state index contributed by atoms with van der Waals surface area (Å²) in [7, 11) is -3.56. The molecule has 2 heterocycles. The molecule has 5 nitrogen and oxygen atoms in total. The molecule has 122 valence electrons. The van der Waals surface area contributed by atoms with Crippen LogP contribution in [-0.2, 0) is 9.84 Å². The van der Waals surface area contributed by atoms with Crippen molar-refractivity contribution in [3.05, 3.63) is 47.3 Å². The monoisotopic (exact) mass is 350 g/mol. The van der Waals surface area contributed by atoms with Crippen molar-refractivity contribution in [1.29, 1.82) is 0 Å². The third kappa shape index (κ3) is 3.63. The van der Waals surface area contributed by atoms with Gasteiger partial charge in [0.05, 0.1) is 9.77 Å². The molecule has 0 saturated carbocycles. The molecule has 1 aromatic carbocycles. The first-order chi connectivity index (χ1) is 11.1. The van der Waals surface area contributed by atoms with Crippen LogP contribution in [0.1, 0.15) is 22.5 Å². The lowest BCUT2D eigenvalue weighted by molar-refractivity contribution is 0.0935. The average molecular weight is 350 g/mol. The lowest BCUT2D eigenvalue weighted by Crippen LogP contribution is -2.45. The Morgan fingerprint density at radius 2 is 1.96 bits per heavy atom. The lowest BCUT2D eigenvalue weighted by Gasteiger charge is -2.23. The van der Waals surface area contributed by atoms with E-state index in [1.807, 2.05) is 0 Å². The maximum Gasteiger partial charge on any atom is 0.261 e. The van der Waals surface area contributed by atoms with Crippen molar-refractivity contribution < 1.29 is 13.2 Å². The van der Waals surface area contributed by atoms with Crippen LogP contribution in [0.3, 0.4) is 0 Å². The number of sulfone groups is 1. The number of carbonyl (C=O) groups excluding carboxylic acids is 1. The fourth-order valence-corrected chi connectivity index (χ4v) is 5.17. The van der Waals surface area contributed by atoms with E-state index in [0.717, 1.165) is 37.3 Å². The molecule has 1 aromatic heterocycles. The van der Waals surface area contributed by atoms with E-state index in [-0.39, 0.29) is 21.1 Å². The summed E-state index contributed by atoms with van der Waals surface area (Å²) in [5.74, 6) is -0.210. The Morgan fingerprint density at radius 3 is 2.65 bits per heavy atom. The van der Waals surface area contributed by atoms with Crippen molar-refractivity contribution in [2.75, 3.05) is 13.1 Å². The Kier molecular flexibility index (Phi) is 4.79. The van der Waals surface area contributed by atoms with Crippen LogP contribution < -0.4 is 10.6 Å². The molecular formula is C16H18N2O3S2. The highest BCUT2D eigenvalue weighted by molar-refractivity contribution is 7.93. The van der Waals surface area contributed by atoms with Gasteiger partial charge in [0.25, 0.3) is 5.91 Å². The van der Waals surface area contributed by atoms with Crippen LogP contribution in [0.15, 0.2) is 51.6 Å². The van der Waals surface area contributed by atoms with E-state index < -0.39 is 9.84 Å². The third-order valence-electron chi connectivity index (χ3n) is 3.76. The van der Waals surface area contributed by atoms with E-state index in [4.69, 9.17) is 0 Å². The number of thiophene rings is 1. The van der Waals surface area contributed by atoms with Gasteiger partial charge in [-0.2, -0.15) is 0 Å². The first-order valence-electron chi connectivity index (χ1n) is 7.49. The largest absolute Gasteiger partial charge is 0.347 e. The lowest BCUT2D eigenvalue weighted by atomic mass is 10.1. The highest BCUT2D eigenvalue weighted by Gasteiger charge is 2.22. The molecule has 0 radical (unpaired) electrons. The van der Waals surface area contributed by atoms with Gasteiger partial charge in [0, 0.05) is 12.6 Å². The molecular weight excluding hydrogens is 332 g/mol. The van der Waals surface area contributed by atoms with Crippen LogP contribution in [-0.4, -0.2) is 33.5 Å². The summed E-state index contributed by atoms with van der Waals surface area (Å²) >= 11 is 1.01. The number of piperidine rings is 1. The molecule has 1 amide bonds. The summed E-state index contributed by atoms with van der Waals surface area (Å²) in [6.45, 7) is 1.73. The Labute approximate surface area is 139 Å². The van der Waals surface area contributed by atoms with Crippen LogP contribution in [0, 0.1) is 0 Å². The van der Waals surface area contributed by atoms with E-state index in [1.165, 1.54) is 6.07 Å². The van der Waals surface area contributed by atoms with Crippen molar-refractivity contribution in [3.63, 3.8) is 0 Å². The highest BCUT2D eigenvalue weighted by atomic mass is 32.2. The molecule has 2 aromatic rings. The molecule has 1 aliphatic rings. The fourth-order valence-electron chi connectivity index (χ4n) is 2.53. The van der Waals surface area contributed by atoms with Crippen LogP contribution in [0.4, 0.5) is 0 Å². The number of nitrogens with one attached hydrogen (secondary N) is 2. The van der Waals surface area contributed by atoms with Gasteiger partial charge in [0.15, 0.2) is 0 Å². The van der Waals surface area contributed by atoms with Gasteiger partial charge < -0.3 is 10.6 Å². The summed E-state index contributed by atoms with van der Waals surface area (Å²) in [5.41, 5.74) is 0. The standard InChI is InChI=1S/C16H18N2O3S2/c19-16(18-12-5-4-10-17-11-12)14-8-9-15(22-14)23(20,21)13-6-2-1-3-7-13/h1-3,6-9,12,17H,4-5,10-11H2,(H,18,19). The van der Waals surface area contributed by atoms with Gasteiger partial charge >= 0.3 is 0 Å². The summed E-state index contributed by atoms with van der Waals surface area (Å²) < 4.78 is 25.2. The molecule has 3 rings (SSSR count). The van der Waals surface area contributed by atoms with Crippen molar-refractivity contribution in [2.45, 2.75) is 28.0 Å². The average Bonchev–Trinajstić information content (AvgIpc) is 3.07. The summed E-state index contributed by atoms with van der Waals surface area (Å²) in [6.07, 6.45) is 1.97. The second-order valence-corrected chi connectivity index (χ2v) is 8.71. The van der Waals surface area contributed by atoms with Gasteiger partial charge in [-0.05, 0) is 43.7 Å². The van der Waals surface area contributed by atoms with Gasteiger partial charge in [0.2, 0.25) is 9.84 Å². The Hall–Kier alpha value is -1.70. The highest BCUT2D eigenvalue weighted by Crippen LogP contribution is 2.27. The molecule has 1 saturated heterocycles. The van der Waals surface area contributed by atoms with E-state index in [0.29, 0.717) is 4.88 Å². The minimum Gasteiger partial charge on any atom is -0.347 e. The second kappa shape index (κ2) is 6.82. The number of hydrogen-bond donors (Lipinski definition) is 2. The van der Waals surface area contributed by atoms with E-state index in [1.54, 1.807) is 36.4 Å². The molecule has 1 unspecified atom stereocenters. The fraction of sp³-hybridized carbons (Fsp3) is 0.312. The van der Waals surface area contributed by atoms with Crippen LogP contribution in [0.25, 0.3) is 0 Å². The van der Waals surface area contributed by atoms with Crippen molar-refractivity contribution in [3.8, 4) is 0 Å². The molecule has 23 heavy (non-hydrogen) atoms. The Bertz CT molecular complexity index is 779. The van der Waals surface area contributed by atoms with E-state index in [2.05, 4.69) is 10.6 Å². The number of benzene rings is 1. The SMILES string of the molecule is O=C(NC1CCCNC1)c1ccc(S(=O)(=O)c2ccccc2)s1. The summed E-state index contributed by atoms with van der Waals surface area (Å²) in [6, 6.07) is 11.4. The normalized spacial score (nSPS) is 18.5. The molecule has 0 bridgehead atoms. The van der Waals surface area contributed by atoms with E-state index >= 15 is 0 Å². The van der Waals surface area contributed by atoms with Gasteiger partial charge in [-0.15, -0.1) is 11.3 Å². The zero-order valence-electron chi connectivity index (χ0n) is 12.5. The smallest absolute Gasteiger partial charge is 0.261 e. The molecule has 7 heteroatoms. The number of amides is 1. The van der Waals surface area contributed by atoms with Gasteiger partial charge in [-0.3, -0.25) is 4.79 Å². The van der Waals surface area contributed by atoms with E-state index in [9.17, 15) is 13.2 Å². The number of carbonyl (C=O) groups is 1. The second-order valence-electron chi connectivity index (χ2n) is 5.45. The van der Waals surface area contributed by atoms with Crippen molar-refractivity contribution in [2.24, 2.45) is 0 Å². The van der Waals surface area contributed by atoms with Gasteiger partial charge in [-0.1, -0.05) is 18.2 Å². The zero-order valence-corrected chi connectivity index (χ0v) is 14.1. The summed E-state index contributed by atoms with van der Waals surface area (Å²) in [5, 5.41) is 6.19. The molecule has 2 N–H and O–H groups in total. The van der Waals surface area contributed by atoms with Crippen molar-refractivity contribution >= 4 is 27.1 Å². The maximum atomic E-state index is 12.5. The molecule has 1 fully saturated rings. The molecule has 0 spiro atoms. The molecule has 1 atom stereocenters. The van der Waals surface area contributed by atoms with Gasteiger partial charge in [0.1, 0.15) is 4.21 Å². The van der Waals surface area contributed by atoms with Crippen LogP contribution in [0.5, 0.6) is 0 Å². The van der Waals surface area contributed by atoms with Gasteiger partial charge in [-0.25, -0.2) is 8.42 Å². The zero-order chi connectivity index (χ0) is 16.3. The number of rotatable bonds is 4. The van der Waals surface area contributed by atoms with Crippen LogP contribution >= 0.6 is 11.3 Å². The Balaban J connectivity index is 1.76. The predicted octanol–water partition coefficient (Wildman–Crippen LogP) is 2.06. The minimum atomic E-state index is -3.56. The first kappa shape index (κ1) is 16.2. The maximum absolute atomic E-state index is 12.5. The summed E-state index contributed by atoms with van der Waals surface area (Å²) in [4.78, 5) is 12.9. The van der Waals surface area contributed by atoms with Crippen molar-refractivity contribution in [1.82, 2.24) is 10.6 Å². The molecule has 0 aliphatic carbocycles. The minimum absolute atomic E-state index is 0.104.